The zero-order chi connectivity index (χ0) is 58.3. The maximum atomic E-state index is 5.31. The summed E-state index contributed by atoms with van der Waals surface area (Å²) in [4.78, 5) is 20.4. The SMILES string of the molecule is c1ccc2c(c1)c1ccccc1n2-c1ccc2c(c1)c1ccccc1n2-c1ccc(-c2nc(-c3ccc(-n4c5ccccc5c5cc(-n6c7ccccc7c7ccccc76)ccc54)cc3)nc(-c3ccc(-n4c5ccccc5c5ccncc54)cc3)n2)cc1. The molecule has 9 nitrogen and oxygen atoms in total. The molecule has 0 aliphatic carbocycles. The van der Waals surface area contributed by atoms with Gasteiger partial charge in [0.25, 0.3) is 0 Å². The zero-order valence-electron chi connectivity index (χ0n) is 47.8. The summed E-state index contributed by atoms with van der Waals surface area (Å²) in [5.41, 5.74) is 19.4. The van der Waals surface area contributed by atoms with Crippen LogP contribution in [-0.4, -0.2) is 42.8 Å². The Balaban J connectivity index is 0.723. The number of para-hydroxylation sites is 7. The molecule has 414 valence electrons. The zero-order valence-corrected chi connectivity index (χ0v) is 47.8. The van der Waals surface area contributed by atoms with Crippen LogP contribution in [0.25, 0.3) is 172 Å². The Kier molecular flexibility index (Phi) is 10.6. The predicted molar refractivity (Wildman–Crippen MR) is 366 cm³/mol. The summed E-state index contributed by atoms with van der Waals surface area (Å²) in [5, 5.41) is 12.1. The molecule has 0 N–H and O–H groups in total. The summed E-state index contributed by atoms with van der Waals surface area (Å²) >= 11 is 0. The third-order valence-corrected chi connectivity index (χ3v) is 18.3. The van der Waals surface area contributed by atoms with Crippen LogP contribution in [0.3, 0.4) is 0 Å². The van der Waals surface area contributed by atoms with E-state index < -0.39 is 0 Å². The van der Waals surface area contributed by atoms with Crippen LogP contribution in [0.2, 0.25) is 0 Å². The van der Waals surface area contributed by atoms with Crippen LogP contribution < -0.4 is 0 Å². The maximum Gasteiger partial charge on any atom is 0.164 e. The molecule has 89 heavy (non-hydrogen) atoms. The van der Waals surface area contributed by atoms with Gasteiger partial charge in [0.15, 0.2) is 17.5 Å². The van der Waals surface area contributed by atoms with E-state index in [0.717, 1.165) is 83.6 Å². The summed E-state index contributed by atoms with van der Waals surface area (Å²) in [6, 6.07) is 102. The second-order valence-corrected chi connectivity index (χ2v) is 23.0. The van der Waals surface area contributed by atoms with Gasteiger partial charge in [-0.2, -0.15) is 0 Å². The maximum absolute atomic E-state index is 5.31. The van der Waals surface area contributed by atoms with E-state index in [1.807, 2.05) is 12.4 Å². The van der Waals surface area contributed by atoms with Crippen molar-refractivity contribution in [3.63, 3.8) is 0 Å². The van der Waals surface area contributed by atoms with Gasteiger partial charge in [-0.15, -0.1) is 0 Å². The molecule has 0 spiro atoms. The first-order chi connectivity index (χ1) is 44.1. The average molecular weight is 1140 g/mol. The van der Waals surface area contributed by atoms with Gasteiger partial charge in [0.05, 0.1) is 61.4 Å². The summed E-state index contributed by atoms with van der Waals surface area (Å²) in [7, 11) is 0. The van der Waals surface area contributed by atoms with E-state index in [-0.39, 0.29) is 0 Å². The van der Waals surface area contributed by atoms with Crippen molar-refractivity contribution >= 4 is 109 Å². The number of rotatable bonds is 8. The van der Waals surface area contributed by atoms with Crippen LogP contribution in [0.4, 0.5) is 0 Å². The predicted octanol–water partition coefficient (Wildman–Crippen LogP) is 19.8. The van der Waals surface area contributed by atoms with Gasteiger partial charge in [0, 0.05) is 105 Å². The van der Waals surface area contributed by atoms with E-state index in [4.69, 9.17) is 15.0 Å². The largest absolute Gasteiger partial charge is 0.309 e. The smallest absolute Gasteiger partial charge is 0.164 e. The molecule has 0 aliphatic rings. The first-order valence-corrected chi connectivity index (χ1v) is 30.1. The van der Waals surface area contributed by atoms with E-state index in [2.05, 4.69) is 313 Å². The van der Waals surface area contributed by atoms with Gasteiger partial charge in [-0.25, -0.2) is 15.0 Å². The lowest BCUT2D eigenvalue weighted by Gasteiger charge is -2.13. The second kappa shape index (κ2) is 19.2. The molecule has 0 bridgehead atoms. The van der Waals surface area contributed by atoms with Gasteiger partial charge in [-0.05, 0) is 158 Å². The minimum absolute atomic E-state index is 0.580. The second-order valence-electron chi connectivity index (χ2n) is 23.0. The fourth-order valence-electron chi connectivity index (χ4n) is 14.3. The van der Waals surface area contributed by atoms with E-state index in [1.54, 1.807) is 0 Å². The monoisotopic (exact) mass is 1140 g/mol. The van der Waals surface area contributed by atoms with Gasteiger partial charge in [0.1, 0.15) is 0 Å². The molecule has 0 unspecified atom stereocenters. The number of benzene rings is 12. The topological polar surface area (TPSA) is 76.2 Å². The molecule has 12 aromatic carbocycles. The number of hydrogen-bond acceptors (Lipinski definition) is 4. The van der Waals surface area contributed by atoms with E-state index in [9.17, 15) is 0 Å². The molecule has 7 heterocycles. The molecule has 0 atom stereocenters. The lowest BCUT2D eigenvalue weighted by Crippen LogP contribution is -2.01. The van der Waals surface area contributed by atoms with Crippen LogP contribution in [0, 0.1) is 0 Å². The molecule has 0 amide bonds. The molecule has 9 heteroatoms. The van der Waals surface area contributed by atoms with Gasteiger partial charge >= 0.3 is 0 Å². The molecule has 0 saturated heterocycles. The summed E-state index contributed by atoms with van der Waals surface area (Å²) in [6.07, 6.45) is 3.81. The number of nitrogens with zero attached hydrogens (tertiary/aromatic N) is 9. The van der Waals surface area contributed by atoms with Crippen LogP contribution in [-0.2, 0) is 0 Å². The minimum atomic E-state index is 0.580. The summed E-state index contributed by atoms with van der Waals surface area (Å²) in [6.45, 7) is 0. The third kappa shape index (κ3) is 7.42. The van der Waals surface area contributed by atoms with Crippen LogP contribution in [0.5, 0.6) is 0 Å². The Labute approximate surface area is 509 Å². The van der Waals surface area contributed by atoms with E-state index >= 15 is 0 Å². The molecule has 19 rings (SSSR count). The number of fused-ring (bicyclic) bond motifs is 15. The molecule has 7 aromatic heterocycles. The Hall–Kier alpha value is -12.2. The third-order valence-electron chi connectivity index (χ3n) is 18.3. The van der Waals surface area contributed by atoms with Crippen molar-refractivity contribution in [2.45, 2.75) is 0 Å². The lowest BCUT2D eigenvalue weighted by molar-refractivity contribution is 1.07. The molecular formula is C80H49N9. The number of hydrogen-bond donors (Lipinski definition) is 0. The lowest BCUT2D eigenvalue weighted by atomic mass is 10.1. The number of pyridine rings is 1. The Morgan fingerprint density at radius 3 is 0.742 bits per heavy atom. The van der Waals surface area contributed by atoms with Gasteiger partial charge in [0.2, 0.25) is 0 Å². The van der Waals surface area contributed by atoms with E-state index in [0.29, 0.717) is 17.5 Å². The van der Waals surface area contributed by atoms with Crippen molar-refractivity contribution in [2.75, 3.05) is 0 Å². The first-order valence-electron chi connectivity index (χ1n) is 30.1. The van der Waals surface area contributed by atoms with Crippen LogP contribution >= 0.6 is 0 Å². The van der Waals surface area contributed by atoms with Gasteiger partial charge in [-0.3, -0.25) is 4.98 Å². The van der Waals surface area contributed by atoms with Crippen molar-refractivity contribution in [2.24, 2.45) is 0 Å². The van der Waals surface area contributed by atoms with E-state index in [1.165, 1.54) is 70.5 Å². The minimum Gasteiger partial charge on any atom is -0.309 e. The molecule has 0 fully saturated rings. The van der Waals surface area contributed by atoms with Crippen molar-refractivity contribution in [3.05, 3.63) is 298 Å². The number of aromatic nitrogens is 9. The van der Waals surface area contributed by atoms with Gasteiger partial charge < -0.3 is 22.8 Å². The average Bonchev–Trinajstić information content (AvgIpc) is 1.75. The Morgan fingerprint density at radius 1 is 0.191 bits per heavy atom. The molecule has 0 radical (unpaired) electrons. The highest BCUT2D eigenvalue weighted by molar-refractivity contribution is 6.15. The molecular weight excluding hydrogens is 1090 g/mol. The highest BCUT2D eigenvalue weighted by Gasteiger charge is 2.21. The molecule has 19 aromatic rings. The summed E-state index contributed by atoms with van der Waals surface area (Å²) < 4.78 is 11.8. The van der Waals surface area contributed by atoms with Crippen LogP contribution in [0.1, 0.15) is 0 Å². The normalized spacial score (nSPS) is 12.0. The molecule has 0 saturated carbocycles. The summed E-state index contributed by atoms with van der Waals surface area (Å²) in [5.74, 6) is 1.74. The fourth-order valence-corrected chi connectivity index (χ4v) is 14.3. The van der Waals surface area contributed by atoms with Gasteiger partial charge in [-0.1, -0.05) is 127 Å². The highest BCUT2D eigenvalue weighted by atomic mass is 15.1. The Bertz CT molecular complexity index is 5640. The van der Waals surface area contributed by atoms with Crippen molar-refractivity contribution in [1.29, 1.82) is 0 Å². The van der Waals surface area contributed by atoms with Crippen LogP contribution in [0.15, 0.2) is 298 Å². The fraction of sp³-hybridized carbons (Fsp3) is 0. The van der Waals surface area contributed by atoms with Crippen molar-refractivity contribution in [3.8, 4) is 62.6 Å². The molecule has 0 aliphatic heterocycles. The first kappa shape index (κ1) is 49.1. The standard InChI is InChI=1S/C80H49N9/c1-9-23-69-58(15-1)59-16-2-10-24-70(59)88(69)56-41-43-75-66(47-56)63-20-6-13-27-73(63)85(75)53-35-29-50(30-36-53)78-82-79(84-80(83-78)52-33-39-55(40-34-52)87-68-22-8-5-19-62(68)65-45-46-81-49-77(65)87)51-31-37-54(38-32-51)86-74-28-14-7-21-64(74)67-48-57(42-44-76(67)86)89-71-25-11-3-17-60(71)61-18-4-12-26-72(61)89/h1-49H. The highest BCUT2D eigenvalue weighted by Crippen LogP contribution is 2.41. The Morgan fingerprint density at radius 2 is 0.427 bits per heavy atom. The van der Waals surface area contributed by atoms with Crippen molar-refractivity contribution < 1.29 is 0 Å². The quantitative estimate of drug-likeness (QED) is 0.152. The van der Waals surface area contributed by atoms with Crippen molar-refractivity contribution in [1.82, 2.24) is 42.8 Å².